The molecular formula is C16H11N5. The van der Waals surface area contributed by atoms with Crippen molar-refractivity contribution in [2.45, 2.75) is 0 Å². The predicted octanol–water partition coefficient (Wildman–Crippen LogP) is 3.08. The first-order valence-corrected chi connectivity index (χ1v) is 6.57. The third kappa shape index (κ3) is 2.04. The molecule has 1 N–H and O–H groups in total. The first-order valence-electron chi connectivity index (χ1n) is 6.57. The van der Waals surface area contributed by atoms with Crippen LogP contribution in [0.25, 0.3) is 33.4 Å². The standard InChI is InChI=1S/C16H11N5/c1-2-4-11(5-3-1)16-13-6-14(12-7-17-10-18-8-12)19-9-15(13)20-21-16/h1-10H,(H,20,21). The summed E-state index contributed by atoms with van der Waals surface area (Å²) in [5.74, 6) is 0. The average Bonchev–Trinajstić information content (AvgIpc) is 2.99. The van der Waals surface area contributed by atoms with Crippen LogP contribution in [0.3, 0.4) is 0 Å². The predicted molar refractivity (Wildman–Crippen MR) is 80.4 cm³/mol. The van der Waals surface area contributed by atoms with Crippen LogP contribution in [0.2, 0.25) is 0 Å². The van der Waals surface area contributed by atoms with E-state index in [1.54, 1.807) is 18.6 Å². The highest BCUT2D eigenvalue weighted by atomic mass is 15.1. The Balaban J connectivity index is 1.91. The van der Waals surface area contributed by atoms with Gasteiger partial charge in [0.1, 0.15) is 12.0 Å². The number of H-pyrrole nitrogens is 1. The van der Waals surface area contributed by atoms with Gasteiger partial charge in [0.2, 0.25) is 0 Å². The molecule has 0 saturated heterocycles. The van der Waals surface area contributed by atoms with Gasteiger partial charge in [0, 0.05) is 28.9 Å². The summed E-state index contributed by atoms with van der Waals surface area (Å²) in [5.41, 5.74) is 4.63. The molecule has 5 heteroatoms. The van der Waals surface area contributed by atoms with Crippen molar-refractivity contribution in [3.63, 3.8) is 0 Å². The minimum atomic E-state index is 0.835. The Morgan fingerprint density at radius 2 is 1.67 bits per heavy atom. The molecule has 21 heavy (non-hydrogen) atoms. The van der Waals surface area contributed by atoms with Crippen molar-refractivity contribution in [1.82, 2.24) is 25.1 Å². The Kier molecular flexibility index (Phi) is 2.67. The SMILES string of the molecule is c1ccc(-c2n[nH]c3cnc(-c4cncnc4)cc23)cc1. The number of aromatic amines is 1. The van der Waals surface area contributed by atoms with Crippen LogP contribution in [-0.4, -0.2) is 25.1 Å². The maximum atomic E-state index is 4.43. The van der Waals surface area contributed by atoms with E-state index < -0.39 is 0 Å². The molecule has 0 radical (unpaired) electrons. The number of fused-ring (bicyclic) bond motifs is 1. The first-order chi connectivity index (χ1) is 10.4. The van der Waals surface area contributed by atoms with Crippen molar-refractivity contribution in [1.29, 1.82) is 0 Å². The highest BCUT2D eigenvalue weighted by Gasteiger charge is 2.10. The van der Waals surface area contributed by atoms with Crippen molar-refractivity contribution in [2.24, 2.45) is 0 Å². The van der Waals surface area contributed by atoms with Gasteiger partial charge < -0.3 is 0 Å². The molecule has 3 aromatic heterocycles. The summed E-state index contributed by atoms with van der Waals surface area (Å²) in [6.45, 7) is 0. The number of rotatable bonds is 2. The van der Waals surface area contributed by atoms with Crippen molar-refractivity contribution in [3.8, 4) is 22.5 Å². The molecule has 0 aliphatic rings. The van der Waals surface area contributed by atoms with Crippen LogP contribution in [0.1, 0.15) is 0 Å². The molecule has 0 bridgehead atoms. The average molecular weight is 273 g/mol. The topological polar surface area (TPSA) is 67.3 Å². The largest absolute Gasteiger partial charge is 0.276 e. The zero-order valence-corrected chi connectivity index (χ0v) is 11.1. The van der Waals surface area contributed by atoms with Gasteiger partial charge in [-0.05, 0) is 6.07 Å². The fourth-order valence-electron chi connectivity index (χ4n) is 2.32. The van der Waals surface area contributed by atoms with Crippen LogP contribution in [0.4, 0.5) is 0 Å². The lowest BCUT2D eigenvalue weighted by Gasteiger charge is -2.01. The van der Waals surface area contributed by atoms with Gasteiger partial charge in [-0.15, -0.1) is 0 Å². The summed E-state index contributed by atoms with van der Waals surface area (Å²) in [5, 5.41) is 8.46. The summed E-state index contributed by atoms with van der Waals surface area (Å²) in [7, 11) is 0. The van der Waals surface area contributed by atoms with E-state index in [0.717, 1.165) is 33.4 Å². The van der Waals surface area contributed by atoms with Crippen LogP contribution in [0.5, 0.6) is 0 Å². The molecule has 0 unspecified atom stereocenters. The van der Waals surface area contributed by atoms with Crippen molar-refractivity contribution >= 4 is 10.9 Å². The fraction of sp³-hybridized carbons (Fsp3) is 0. The molecule has 0 saturated carbocycles. The molecule has 0 aliphatic heterocycles. The van der Waals surface area contributed by atoms with Crippen LogP contribution >= 0.6 is 0 Å². The Bertz CT molecular complexity index is 884. The van der Waals surface area contributed by atoms with Gasteiger partial charge >= 0.3 is 0 Å². The van der Waals surface area contributed by atoms with E-state index in [-0.39, 0.29) is 0 Å². The zero-order valence-electron chi connectivity index (χ0n) is 11.1. The summed E-state index contributed by atoms with van der Waals surface area (Å²) < 4.78 is 0. The van der Waals surface area contributed by atoms with Crippen LogP contribution in [0.15, 0.2) is 61.3 Å². The molecule has 0 spiro atoms. The maximum Gasteiger partial charge on any atom is 0.115 e. The summed E-state index contributed by atoms with van der Waals surface area (Å²) in [6, 6.07) is 12.1. The first kappa shape index (κ1) is 11.7. The quantitative estimate of drug-likeness (QED) is 0.609. The third-order valence-corrected chi connectivity index (χ3v) is 3.35. The van der Waals surface area contributed by atoms with Gasteiger partial charge in [0.15, 0.2) is 0 Å². The van der Waals surface area contributed by atoms with E-state index in [4.69, 9.17) is 0 Å². The Labute approximate surface area is 120 Å². The van der Waals surface area contributed by atoms with E-state index in [2.05, 4.69) is 25.1 Å². The number of pyridine rings is 1. The molecule has 4 rings (SSSR count). The van der Waals surface area contributed by atoms with Crippen LogP contribution in [0, 0.1) is 0 Å². The van der Waals surface area contributed by atoms with Gasteiger partial charge in [-0.25, -0.2) is 9.97 Å². The number of nitrogens with one attached hydrogen (secondary N) is 1. The van der Waals surface area contributed by atoms with Gasteiger partial charge in [-0.2, -0.15) is 5.10 Å². The molecule has 4 aromatic rings. The van der Waals surface area contributed by atoms with E-state index in [1.807, 2.05) is 36.4 Å². The fourth-order valence-corrected chi connectivity index (χ4v) is 2.32. The monoisotopic (exact) mass is 273 g/mol. The maximum absolute atomic E-state index is 4.43. The Morgan fingerprint density at radius 1 is 0.857 bits per heavy atom. The second-order valence-corrected chi connectivity index (χ2v) is 4.68. The summed E-state index contributed by atoms with van der Waals surface area (Å²) >= 11 is 0. The molecule has 5 nitrogen and oxygen atoms in total. The minimum absolute atomic E-state index is 0.835. The second-order valence-electron chi connectivity index (χ2n) is 4.68. The molecule has 100 valence electrons. The Morgan fingerprint density at radius 3 is 2.48 bits per heavy atom. The lowest BCUT2D eigenvalue weighted by Crippen LogP contribution is -1.86. The van der Waals surface area contributed by atoms with Crippen molar-refractivity contribution in [2.75, 3.05) is 0 Å². The zero-order chi connectivity index (χ0) is 14.1. The molecular weight excluding hydrogens is 262 g/mol. The highest BCUT2D eigenvalue weighted by molar-refractivity contribution is 5.94. The number of hydrogen-bond donors (Lipinski definition) is 1. The molecule has 0 aliphatic carbocycles. The normalized spacial score (nSPS) is 10.9. The summed E-state index contributed by atoms with van der Waals surface area (Å²) in [6.07, 6.45) is 6.80. The highest BCUT2D eigenvalue weighted by Crippen LogP contribution is 2.28. The van der Waals surface area contributed by atoms with E-state index >= 15 is 0 Å². The van der Waals surface area contributed by atoms with Gasteiger partial charge in [0.05, 0.1) is 17.4 Å². The van der Waals surface area contributed by atoms with E-state index in [0.29, 0.717) is 0 Å². The van der Waals surface area contributed by atoms with Crippen LogP contribution < -0.4 is 0 Å². The van der Waals surface area contributed by atoms with Crippen molar-refractivity contribution in [3.05, 3.63) is 61.3 Å². The molecule has 0 atom stereocenters. The molecule has 0 amide bonds. The Hall–Kier alpha value is -3.08. The second kappa shape index (κ2) is 4.79. The van der Waals surface area contributed by atoms with Crippen molar-refractivity contribution < 1.29 is 0 Å². The third-order valence-electron chi connectivity index (χ3n) is 3.35. The van der Waals surface area contributed by atoms with Crippen LogP contribution in [-0.2, 0) is 0 Å². The number of nitrogens with zero attached hydrogens (tertiary/aromatic N) is 4. The lowest BCUT2D eigenvalue weighted by molar-refractivity contribution is 1.12. The summed E-state index contributed by atoms with van der Waals surface area (Å²) in [4.78, 5) is 12.5. The lowest BCUT2D eigenvalue weighted by atomic mass is 10.1. The van der Waals surface area contributed by atoms with Gasteiger partial charge in [-0.3, -0.25) is 10.1 Å². The molecule has 3 heterocycles. The van der Waals surface area contributed by atoms with E-state index in [9.17, 15) is 0 Å². The molecule has 1 aromatic carbocycles. The van der Waals surface area contributed by atoms with Gasteiger partial charge in [-0.1, -0.05) is 30.3 Å². The number of hydrogen-bond acceptors (Lipinski definition) is 4. The van der Waals surface area contributed by atoms with E-state index in [1.165, 1.54) is 6.33 Å². The number of benzene rings is 1. The minimum Gasteiger partial charge on any atom is -0.276 e. The number of aromatic nitrogens is 5. The molecule has 0 fully saturated rings. The van der Waals surface area contributed by atoms with Gasteiger partial charge in [0.25, 0.3) is 0 Å². The smallest absolute Gasteiger partial charge is 0.115 e.